The number of halogens is 1. The first-order valence-corrected chi connectivity index (χ1v) is 9.84. The maximum atomic E-state index is 12.7. The molecular formula is C21H28BrN3O2. The van der Waals surface area contributed by atoms with Crippen molar-refractivity contribution in [2.24, 2.45) is 4.99 Å². The van der Waals surface area contributed by atoms with Crippen molar-refractivity contribution in [3.63, 3.8) is 0 Å². The van der Waals surface area contributed by atoms with Crippen molar-refractivity contribution in [3.05, 3.63) is 40.9 Å². The Balaban J connectivity index is 2.06. The lowest BCUT2D eigenvalue weighted by atomic mass is 10.1. The van der Waals surface area contributed by atoms with Crippen molar-refractivity contribution in [2.75, 3.05) is 20.6 Å². The first-order chi connectivity index (χ1) is 12.7. The summed E-state index contributed by atoms with van der Waals surface area (Å²) in [5, 5.41) is 5.24. The number of hydrogen-bond donors (Lipinski definition) is 1. The van der Waals surface area contributed by atoms with E-state index in [2.05, 4.69) is 26.2 Å². The average molecular weight is 434 g/mol. The van der Waals surface area contributed by atoms with Gasteiger partial charge in [-0.3, -0.25) is 9.79 Å². The number of nitrogens with one attached hydrogen (secondary N) is 1. The summed E-state index contributed by atoms with van der Waals surface area (Å²) < 4.78 is 7.00. The van der Waals surface area contributed by atoms with Crippen molar-refractivity contribution in [2.45, 2.75) is 38.8 Å². The number of aliphatic imine (C=N–C) groups is 1. The number of carbonyl (C=O) groups is 1. The van der Waals surface area contributed by atoms with Gasteiger partial charge in [0.2, 0.25) is 0 Å². The number of rotatable bonds is 8. The van der Waals surface area contributed by atoms with E-state index >= 15 is 0 Å². The quantitative estimate of drug-likeness (QED) is 0.500. The number of hydrogen-bond acceptors (Lipinski definition) is 3. The van der Waals surface area contributed by atoms with Gasteiger partial charge in [-0.15, -0.1) is 0 Å². The van der Waals surface area contributed by atoms with Gasteiger partial charge in [-0.05, 0) is 55.3 Å². The number of fused-ring (bicyclic) bond motifs is 1. The highest BCUT2D eigenvalue weighted by Crippen LogP contribution is 2.25. The molecule has 0 fully saturated rings. The summed E-state index contributed by atoms with van der Waals surface area (Å²) in [6.07, 6.45) is 1.78. The number of nitrogens with zero attached hydrogens (tertiary/aromatic N) is 2. The van der Waals surface area contributed by atoms with Crippen LogP contribution in [-0.2, 0) is 4.79 Å². The average Bonchev–Trinajstić information content (AvgIpc) is 2.58. The fourth-order valence-electron chi connectivity index (χ4n) is 2.64. The second-order valence-corrected chi connectivity index (χ2v) is 8.38. The maximum Gasteiger partial charge on any atom is 0.261 e. The highest BCUT2D eigenvalue weighted by Gasteiger charge is 2.26. The Morgan fingerprint density at radius 3 is 2.63 bits per heavy atom. The molecule has 1 unspecified atom stereocenters. The highest BCUT2D eigenvalue weighted by molar-refractivity contribution is 9.10. The molecule has 1 amide bonds. The summed E-state index contributed by atoms with van der Waals surface area (Å²) in [4.78, 5) is 18.9. The van der Waals surface area contributed by atoms with Crippen molar-refractivity contribution in [1.29, 1.82) is 0 Å². The number of ether oxygens (including phenoxy) is 1. The summed E-state index contributed by atoms with van der Waals surface area (Å²) >= 11 is 3.49. The zero-order chi connectivity index (χ0) is 20.0. The molecule has 1 N–H and O–H groups in total. The Kier molecular flexibility index (Phi) is 7.25. The molecular weight excluding hydrogens is 406 g/mol. The van der Waals surface area contributed by atoms with Gasteiger partial charge in [0.1, 0.15) is 5.75 Å². The van der Waals surface area contributed by atoms with E-state index in [1.165, 1.54) is 0 Å². The Morgan fingerprint density at radius 2 is 1.96 bits per heavy atom. The summed E-state index contributed by atoms with van der Waals surface area (Å²) in [5.74, 6) is 0.558. The second-order valence-electron chi connectivity index (χ2n) is 7.46. The SMILES string of the molecule is CCC(Oc1ccc2ccc(Br)cc2c1)C(=O)NC(C)(C)C/N=C/N(C)C. The van der Waals surface area contributed by atoms with Crippen molar-refractivity contribution >= 4 is 38.9 Å². The molecule has 0 aliphatic carbocycles. The van der Waals surface area contributed by atoms with Gasteiger partial charge in [-0.2, -0.15) is 0 Å². The third-order valence-electron chi connectivity index (χ3n) is 3.98. The molecule has 0 aromatic heterocycles. The van der Waals surface area contributed by atoms with E-state index in [9.17, 15) is 4.79 Å². The zero-order valence-corrected chi connectivity index (χ0v) is 18.2. The second kappa shape index (κ2) is 9.22. The van der Waals surface area contributed by atoms with E-state index in [0.29, 0.717) is 18.7 Å². The molecule has 0 heterocycles. The molecule has 2 aromatic rings. The Morgan fingerprint density at radius 1 is 1.26 bits per heavy atom. The fraction of sp³-hybridized carbons (Fsp3) is 0.429. The predicted molar refractivity (Wildman–Crippen MR) is 116 cm³/mol. The molecule has 146 valence electrons. The van der Waals surface area contributed by atoms with Gasteiger partial charge in [0, 0.05) is 18.6 Å². The molecule has 0 aliphatic rings. The molecule has 6 heteroatoms. The van der Waals surface area contributed by atoms with Crippen LogP contribution in [-0.4, -0.2) is 49.4 Å². The van der Waals surface area contributed by atoms with E-state index in [1.807, 2.05) is 76.2 Å². The molecule has 2 aromatic carbocycles. The lowest BCUT2D eigenvalue weighted by Crippen LogP contribution is -2.51. The van der Waals surface area contributed by atoms with Gasteiger partial charge in [0.15, 0.2) is 6.10 Å². The minimum absolute atomic E-state index is 0.128. The summed E-state index contributed by atoms with van der Waals surface area (Å²) in [5.41, 5.74) is -0.450. The molecule has 0 saturated heterocycles. The zero-order valence-electron chi connectivity index (χ0n) is 16.6. The minimum Gasteiger partial charge on any atom is -0.481 e. The molecule has 27 heavy (non-hydrogen) atoms. The first-order valence-electron chi connectivity index (χ1n) is 9.04. The van der Waals surface area contributed by atoms with Crippen molar-refractivity contribution in [3.8, 4) is 5.75 Å². The van der Waals surface area contributed by atoms with Crippen LogP contribution >= 0.6 is 15.9 Å². The lowest BCUT2D eigenvalue weighted by Gasteiger charge is -2.27. The van der Waals surface area contributed by atoms with Crippen LogP contribution in [0.3, 0.4) is 0 Å². The van der Waals surface area contributed by atoms with Gasteiger partial charge < -0.3 is 15.0 Å². The normalized spacial score (nSPS) is 13.0. The summed E-state index contributed by atoms with van der Waals surface area (Å²) in [6, 6.07) is 12.0. The lowest BCUT2D eigenvalue weighted by molar-refractivity contribution is -0.129. The van der Waals surface area contributed by atoms with E-state index in [1.54, 1.807) is 6.34 Å². The fourth-order valence-corrected chi connectivity index (χ4v) is 3.02. The van der Waals surface area contributed by atoms with Crippen LogP contribution in [0.15, 0.2) is 45.9 Å². The van der Waals surface area contributed by atoms with Crippen LogP contribution in [0.4, 0.5) is 0 Å². The molecule has 0 spiro atoms. The van der Waals surface area contributed by atoms with Crippen LogP contribution in [0.5, 0.6) is 5.75 Å². The van der Waals surface area contributed by atoms with Crippen LogP contribution in [0, 0.1) is 0 Å². The molecule has 0 aliphatic heterocycles. The minimum atomic E-state index is -0.549. The van der Waals surface area contributed by atoms with Crippen LogP contribution in [0.1, 0.15) is 27.2 Å². The van der Waals surface area contributed by atoms with Gasteiger partial charge in [0.25, 0.3) is 5.91 Å². The molecule has 1 atom stereocenters. The van der Waals surface area contributed by atoms with Gasteiger partial charge in [0.05, 0.1) is 18.4 Å². The van der Waals surface area contributed by atoms with Crippen molar-refractivity contribution < 1.29 is 9.53 Å². The highest BCUT2D eigenvalue weighted by atomic mass is 79.9. The van der Waals surface area contributed by atoms with E-state index < -0.39 is 11.6 Å². The van der Waals surface area contributed by atoms with E-state index in [0.717, 1.165) is 15.2 Å². The molecule has 2 rings (SSSR count). The Bertz CT molecular complexity index is 818. The third kappa shape index (κ3) is 6.54. The molecule has 0 radical (unpaired) electrons. The standard InChI is InChI=1S/C21H28BrN3O2/c1-6-19(20(26)24-21(2,3)13-23-14-25(4)5)27-18-10-8-15-7-9-17(22)11-16(15)12-18/h7-12,14,19H,6,13H2,1-5H3,(H,24,26)/b23-14+. The number of carbonyl (C=O) groups excluding carboxylic acids is 1. The van der Waals surface area contributed by atoms with Crippen molar-refractivity contribution in [1.82, 2.24) is 10.2 Å². The van der Waals surface area contributed by atoms with Crippen LogP contribution in [0.25, 0.3) is 10.8 Å². The maximum absolute atomic E-state index is 12.7. The topological polar surface area (TPSA) is 53.9 Å². The van der Waals surface area contributed by atoms with Crippen LogP contribution < -0.4 is 10.1 Å². The molecule has 0 saturated carbocycles. The monoisotopic (exact) mass is 433 g/mol. The summed E-state index contributed by atoms with van der Waals surface area (Å²) in [6.45, 7) is 6.35. The molecule has 0 bridgehead atoms. The third-order valence-corrected chi connectivity index (χ3v) is 4.47. The van der Waals surface area contributed by atoms with E-state index in [-0.39, 0.29) is 5.91 Å². The number of benzene rings is 2. The first kappa shape index (κ1) is 21.2. The Hall–Kier alpha value is -2.08. The Labute approximate surface area is 169 Å². The van der Waals surface area contributed by atoms with E-state index in [4.69, 9.17) is 4.74 Å². The predicted octanol–water partition coefficient (Wildman–Crippen LogP) is 4.24. The summed E-state index contributed by atoms with van der Waals surface area (Å²) in [7, 11) is 3.83. The van der Waals surface area contributed by atoms with Gasteiger partial charge in [-0.25, -0.2) is 0 Å². The van der Waals surface area contributed by atoms with Crippen LogP contribution in [0.2, 0.25) is 0 Å². The number of amides is 1. The smallest absolute Gasteiger partial charge is 0.261 e. The largest absolute Gasteiger partial charge is 0.481 e. The van der Waals surface area contributed by atoms with Gasteiger partial charge >= 0.3 is 0 Å². The molecule has 5 nitrogen and oxygen atoms in total. The van der Waals surface area contributed by atoms with Gasteiger partial charge in [-0.1, -0.05) is 35.0 Å².